The highest BCUT2D eigenvalue weighted by Crippen LogP contribution is 2.31. The van der Waals surface area contributed by atoms with Crippen molar-refractivity contribution >= 4 is 21.4 Å². The Labute approximate surface area is 130 Å². The summed E-state index contributed by atoms with van der Waals surface area (Å²) in [4.78, 5) is 0. The van der Waals surface area contributed by atoms with E-state index in [9.17, 15) is 0 Å². The fraction of sp³-hybridized carbons (Fsp3) is 0.263. The van der Waals surface area contributed by atoms with Crippen molar-refractivity contribution in [3.05, 3.63) is 70.6 Å². The van der Waals surface area contributed by atoms with Crippen molar-refractivity contribution in [1.82, 2.24) is 5.32 Å². The monoisotopic (exact) mass is 295 g/mol. The molecule has 2 aromatic carbocycles. The van der Waals surface area contributed by atoms with Gasteiger partial charge in [-0.3, -0.25) is 0 Å². The van der Waals surface area contributed by atoms with E-state index in [0.717, 1.165) is 12.8 Å². The van der Waals surface area contributed by atoms with Crippen LogP contribution in [0.15, 0.2) is 53.9 Å². The third kappa shape index (κ3) is 3.17. The van der Waals surface area contributed by atoms with Gasteiger partial charge in [0, 0.05) is 10.7 Å². The molecule has 3 rings (SSSR count). The standard InChI is InChI=1S/C19H21NS/c1-14-5-3-6-15(13-14)9-10-18(20-2)17-8-4-7-16-11-12-21-19(16)17/h3-8,11-13,18,20H,9-10H2,1-2H3. The highest BCUT2D eigenvalue weighted by molar-refractivity contribution is 7.17. The van der Waals surface area contributed by atoms with Gasteiger partial charge in [-0.05, 0) is 54.8 Å². The van der Waals surface area contributed by atoms with E-state index < -0.39 is 0 Å². The summed E-state index contributed by atoms with van der Waals surface area (Å²) in [6.45, 7) is 2.16. The van der Waals surface area contributed by atoms with Gasteiger partial charge in [0.2, 0.25) is 0 Å². The van der Waals surface area contributed by atoms with E-state index in [1.165, 1.54) is 26.8 Å². The van der Waals surface area contributed by atoms with Gasteiger partial charge in [-0.15, -0.1) is 11.3 Å². The summed E-state index contributed by atoms with van der Waals surface area (Å²) in [5, 5.41) is 7.03. The fourth-order valence-corrected chi connectivity index (χ4v) is 3.89. The van der Waals surface area contributed by atoms with E-state index >= 15 is 0 Å². The van der Waals surface area contributed by atoms with E-state index in [-0.39, 0.29) is 0 Å². The third-order valence-corrected chi connectivity index (χ3v) is 5.02. The molecule has 1 aromatic heterocycles. The van der Waals surface area contributed by atoms with Crippen molar-refractivity contribution in [3.63, 3.8) is 0 Å². The molecule has 1 heterocycles. The van der Waals surface area contributed by atoms with E-state index in [1.807, 2.05) is 11.3 Å². The van der Waals surface area contributed by atoms with Gasteiger partial charge < -0.3 is 5.32 Å². The highest BCUT2D eigenvalue weighted by Gasteiger charge is 2.13. The first-order chi connectivity index (χ1) is 10.3. The quantitative estimate of drug-likeness (QED) is 0.690. The summed E-state index contributed by atoms with van der Waals surface area (Å²) in [6.07, 6.45) is 2.23. The Bertz CT molecular complexity index is 729. The Morgan fingerprint density at radius 3 is 2.76 bits per heavy atom. The molecular weight excluding hydrogens is 274 g/mol. The van der Waals surface area contributed by atoms with Crippen LogP contribution in [0, 0.1) is 6.92 Å². The molecule has 0 aliphatic rings. The molecular formula is C19H21NS. The molecule has 1 N–H and O–H groups in total. The van der Waals surface area contributed by atoms with Crippen molar-refractivity contribution in [2.75, 3.05) is 7.05 Å². The Morgan fingerprint density at radius 1 is 1.10 bits per heavy atom. The van der Waals surface area contributed by atoms with Crippen molar-refractivity contribution in [2.24, 2.45) is 0 Å². The minimum atomic E-state index is 0.410. The molecule has 1 nitrogen and oxygen atoms in total. The number of fused-ring (bicyclic) bond motifs is 1. The molecule has 0 fully saturated rings. The van der Waals surface area contributed by atoms with E-state index in [1.54, 1.807) is 0 Å². The largest absolute Gasteiger partial charge is 0.313 e. The Kier molecular flexibility index (Phi) is 4.37. The highest BCUT2D eigenvalue weighted by atomic mass is 32.1. The van der Waals surface area contributed by atoms with E-state index in [0.29, 0.717) is 6.04 Å². The first kappa shape index (κ1) is 14.3. The average molecular weight is 295 g/mol. The second kappa shape index (κ2) is 6.42. The maximum atomic E-state index is 3.49. The summed E-state index contributed by atoms with van der Waals surface area (Å²) < 4.78 is 1.42. The lowest BCUT2D eigenvalue weighted by Crippen LogP contribution is -2.17. The van der Waals surface area contributed by atoms with Gasteiger partial charge >= 0.3 is 0 Å². The smallest absolute Gasteiger partial charge is 0.0390 e. The van der Waals surface area contributed by atoms with Gasteiger partial charge in [-0.1, -0.05) is 48.0 Å². The Balaban J connectivity index is 1.80. The lowest BCUT2D eigenvalue weighted by atomic mass is 9.97. The van der Waals surface area contributed by atoms with E-state index in [4.69, 9.17) is 0 Å². The van der Waals surface area contributed by atoms with Crippen LogP contribution in [0.5, 0.6) is 0 Å². The number of rotatable bonds is 5. The van der Waals surface area contributed by atoms with Gasteiger partial charge in [-0.2, -0.15) is 0 Å². The van der Waals surface area contributed by atoms with Crippen LogP contribution < -0.4 is 5.32 Å². The second-order valence-corrected chi connectivity index (χ2v) is 6.47. The third-order valence-electron chi connectivity index (χ3n) is 4.04. The number of hydrogen-bond acceptors (Lipinski definition) is 2. The normalized spacial score (nSPS) is 12.7. The molecule has 3 aromatic rings. The van der Waals surface area contributed by atoms with Crippen LogP contribution in [0.1, 0.15) is 29.2 Å². The molecule has 0 saturated carbocycles. The zero-order chi connectivity index (χ0) is 14.7. The molecule has 0 radical (unpaired) electrons. The van der Waals surface area contributed by atoms with Crippen LogP contribution in [0.3, 0.4) is 0 Å². The molecule has 0 aliphatic heterocycles. The minimum absolute atomic E-state index is 0.410. The summed E-state index contributed by atoms with van der Waals surface area (Å²) >= 11 is 1.84. The Hall–Kier alpha value is -1.64. The summed E-state index contributed by atoms with van der Waals surface area (Å²) in [5.41, 5.74) is 4.19. The predicted molar refractivity (Wildman–Crippen MR) is 93.1 cm³/mol. The summed E-state index contributed by atoms with van der Waals surface area (Å²) in [6, 6.07) is 18.1. The van der Waals surface area contributed by atoms with Crippen LogP contribution in [0.2, 0.25) is 0 Å². The number of benzene rings is 2. The molecule has 0 spiro atoms. The SMILES string of the molecule is CNC(CCc1cccc(C)c1)c1cccc2ccsc12. The van der Waals surface area contributed by atoms with Crippen LogP contribution in [0.4, 0.5) is 0 Å². The second-order valence-electron chi connectivity index (χ2n) is 5.56. The molecule has 1 atom stereocenters. The lowest BCUT2D eigenvalue weighted by Gasteiger charge is -2.17. The van der Waals surface area contributed by atoms with Crippen LogP contribution in [-0.2, 0) is 6.42 Å². The van der Waals surface area contributed by atoms with Gasteiger partial charge in [0.1, 0.15) is 0 Å². The first-order valence-corrected chi connectivity index (χ1v) is 8.35. The average Bonchev–Trinajstić information content (AvgIpc) is 2.97. The van der Waals surface area contributed by atoms with E-state index in [2.05, 4.69) is 73.2 Å². The minimum Gasteiger partial charge on any atom is -0.313 e. The van der Waals surface area contributed by atoms with Crippen molar-refractivity contribution < 1.29 is 0 Å². The van der Waals surface area contributed by atoms with Crippen LogP contribution in [-0.4, -0.2) is 7.05 Å². The van der Waals surface area contributed by atoms with Gasteiger partial charge in [-0.25, -0.2) is 0 Å². The predicted octanol–water partition coefficient (Wildman–Crippen LogP) is 5.10. The van der Waals surface area contributed by atoms with Crippen molar-refractivity contribution in [1.29, 1.82) is 0 Å². The topological polar surface area (TPSA) is 12.0 Å². The maximum Gasteiger partial charge on any atom is 0.0390 e. The molecule has 21 heavy (non-hydrogen) atoms. The number of nitrogens with one attached hydrogen (secondary N) is 1. The zero-order valence-corrected chi connectivity index (χ0v) is 13.4. The zero-order valence-electron chi connectivity index (χ0n) is 12.6. The molecule has 0 bridgehead atoms. The fourth-order valence-electron chi connectivity index (χ4n) is 2.92. The molecule has 108 valence electrons. The first-order valence-electron chi connectivity index (χ1n) is 7.47. The van der Waals surface area contributed by atoms with Gasteiger partial charge in [0.15, 0.2) is 0 Å². The maximum absolute atomic E-state index is 3.49. The molecule has 2 heteroatoms. The summed E-state index contributed by atoms with van der Waals surface area (Å²) in [7, 11) is 2.06. The van der Waals surface area contributed by atoms with Gasteiger partial charge in [0.05, 0.1) is 0 Å². The van der Waals surface area contributed by atoms with Crippen molar-refractivity contribution in [3.8, 4) is 0 Å². The molecule has 0 saturated heterocycles. The number of aryl methyl sites for hydroxylation is 2. The number of hydrogen-bond donors (Lipinski definition) is 1. The molecule has 0 aliphatic carbocycles. The van der Waals surface area contributed by atoms with Gasteiger partial charge in [0.25, 0.3) is 0 Å². The number of thiophene rings is 1. The molecule has 0 amide bonds. The Morgan fingerprint density at radius 2 is 1.95 bits per heavy atom. The molecule has 1 unspecified atom stereocenters. The van der Waals surface area contributed by atoms with Crippen LogP contribution in [0.25, 0.3) is 10.1 Å². The summed E-state index contributed by atoms with van der Waals surface area (Å²) in [5.74, 6) is 0. The van der Waals surface area contributed by atoms with Crippen LogP contribution >= 0.6 is 11.3 Å². The lowest BCUT2D eigenvalue weighted by molar-refractivity contribution is 0.553. The van der Waals surface area contributed by atoms with Crippen molar-refractivity contribution in [2.45, 2.75) is 25.8 Å².